The Morgan fingerprint density at radius 1 is 1.16 bits per heavy atom. The third-order valence-corrected chi connectivity index (χ3v) is 4.27. The van der Waals surface area contributed by atoms with Crippen LogP contribution in [-0.4, -0.2) is 7.05 Å². The zero-order valence-corrected chi connectivity index (χ0v) is 13.6. The molecule has 0 saturated heterocycles. The third kappa shape index (κ3) is 3.88. The average Bonchev–Trinajstić information content (AvgIpc) is 2.38. The van der Waals surface area contributed by atoms with Crippen molar-refractivity contribution in [1.82, 2.24) is 5.32 Å². The first kappa shape index (κ1) is 14.7. The molecule has 100 valence electrons. The molecule has 0 aliphatic rings. The summed E-state index contributed by atoms with van der Waals surface area (Å²) in [7, 11) is 1.93. The van der Waals surface area contributed by atoms with Gasteiger partial charge in [0.2, 0.25) is 0 Å². The lowest BCUT2D eigenvalue weighted by Gasteiger charge is -2.18. The van der Waals surface area contributed by atoms with Crippen molar-refractivity contribution in [3.8, 4) is 0 Å². The van der Waals surface area contributed by atoms with E-state index in [-0.39, 0.29) is 11.9 Å². The summed E-state index contributed by atoms with van der Waals surface area (Å²) in [5.74, 6) is -0.223. The van der Waals surface area contributed by atoms with Crippen LogP contribution in [0.5, 0.6) is 0 Å². The topological polar surface area (TPSA) is 12.0 Å². The third-order valence-electron chi connectivity index (χ3n) is 3.04. The Kier molecular flexibility index (Phi) is 5.13. The van der Waals surface area contributed by atoms with E-state index in [0.29, 0.717) is 0 Å². The Morgan fingerprint density at radius 3 is 2.58 bits per heavy atom. The lowest BCUT2D eigenvalue weighted by Crippen LogP contribution is -2.19. The molecule has 1 unspecified atom stereocenters. The summed E-state index contributed by atoms with van der Waals surface area (Å²) in [6.45, 7) is 0. The summed E-state index contributed by atoms with van der Waals surface area (Å²) in [5, 5.41) is 3.30. The van der Waals surface area contributed by atoms with Gasteiger partial charge in [0.25, 0.3) is 0 Å². The second kappa shape index (κ2) is 6.64. The monoisotopic (exact) mass is 385 g/mol. The summed E-state index contributed by atoms with van der Waals surface area (Å²) >= 11 is 6.90. The Hall–Kier alpha value is -0.710. The van der Waals surface area contributed by atoms with E-state index in [1.165, 1.54) is 17.7 Å². The lowest BCUT2D eigenvalue weighted by molar-refractivity contribution is 0.587. The Morgan fingerprint density at radius 2 is 1.95 bits per heavy atom. The molecule has 2 rings (SSSR count). The molecule has 1 nitrogen and oxygen atoms in total. The van der Waals surface area contributed by atoms with Crippen LogP contribution in [0.3, 0.4) is 0 Å². The fourth-order valence-corrected chi connectivity index (χ4v) is 2.95. The Bertz CT molecular complexity index is 572. The van der Waals surface area contributed by atoms with E-state index >= 15 is 0 Å². The van der Waals surface area contributed by atoms with Gasteiger partial charge in [0, 0.05) is 15.0 Å². The van der Waals surface area contributed by atoms with Crippen molar-refractivity contribution in [1.29, 1.82) is 0 Å². The molecule has 2 aromatic rings. The minimum Gasteiger partial charge on any atom is -0.313 e. The van der Waals surface area contributed by atoms with Gasteiger partial charge in [-0.2, -0.15) is 0 Å². The molecule has 0 heterocycles. The first-order valence-electron chi connectivity index (χ1n) is 5.97. The summed E-state index contributed by atoms with van der Waals surface area (Å²) < 4.78 is 15.0. The molecule has 0 aliphatic heterocycles. The minimum absolute atomic E-state index is 0.194. The Balaban J connectivity index is 2.24. The van der Waals surface area contributed by atoms with Gasteiger partial charge in [0.15, 0.2) is 0 Å². The molecule has 0 spiro atoms. The maximum Gasteiger partial charge on any atom is 0.124 e. The van der Waals surface area contributed by atoms with Crippen molar-refractivity contribution in [2.45, 2.75) is 12.5 Å². The number of rotatable bonds is 4. The highest BCUT2D eigenvalue weighted by Gasteiger charge is 2.12. The van der Waals surface area contributed by atoms with Crippen molar-refractivity contribution in [3.63, 3.8) is 0 Å². The van der Waals surface area contributed by atoms with Gasteiger partial charge in [-0.25, -0.2) is 4.39 Å². The van der Waals surface area contributed by atoms with Crippen LogP contribution in [0.4, 0.5) is 4.39 Å². The van der Waals surface area contributed by atoms with E-state index in [1.54, 1.807) is 0 Å². The van der Waals surface area contributed by atoms with Crippen LogP contribution in [0.15, 0.2) is 51.4 Å². The molecule has 0 aromatic heterocycles. The zero-order chi connectivity index (χ0) is 13.8. The number of hydrogen-bond donors (Lipinski definition) is 1. The molecule has 0 radical (unpaired) electrons. The van der Waals surface area contributed by atoms with Crippen LogP contribution < -0.4 is 5.32 Å². The number of benzene rings is 2. The van der Waals surface area contributed by atoms with Gasteiger partial charge >= 0.3 is 0 Å². The van der Waals surface area contributed by atoms with E-state index in [4.69, 9.17) is 0 Å². The SMILES string of the molecule is CNC(Cc1ccc(F)cc1Br)c1cccc(Br)c1. The second-order valence-corrected chi connectivity index (χ2v) is 6.11. The first-order valence-corrected chi connectivity index (χ1v) is 7.55. The van der Waals surface area contributed by atoms with Gasteiger partial charge in [-0.05, 0) is 48.9 Å². The highest BCUT2D eigenvalue weighted by molar-refractivity contribution is 9.10. The molecule has 0 amide bonds. The second-order valence-electron chi connectivity index (χ2n) is 4.34. The van der Waals surface area contributed by atoms with Gasteiger partial charge in [-0.3, -0.25) is 0 Å². The molecule has 0 aliphatic carbocycles. The predicted octanol–water partition coefficient (Wildman–Crippen LogP) is 4.85. The molecular formula is C15H14Br2FN. The molecular weight excluding hydrogens is 373 g/mol. The molecule has 0 saturated carbocycles. The summed E-state index contributed by atoms with van der Waals surface area (Å²) in [4.78, 5) is 0. The molecule has 19 heavy (non-hydrogen) atoms. The van der Waals surface area contributed by atoms with Crippen molar-refractivity contribution < 1.29 is 4.39 Å². The normalized spacial score (nSPS) is 12.4. The minimum atomic E-state index is -0.223. The number of hydrogen-bond acceptors (Lipinski definition) is 1. The molecule has 1 N–H and O–H groups in total. The molecule has 1 atom stereocenters. The van der Waals surface area contributed by atoms with Crippen LogP contribution >= 0.6 is 31.9 Å². The van der Waals surface area contributed by atoms with E-state index in [0.717, 1.165) is 20.9 Å². The Labute approximate surface area is 129 Å². The van der Waals surface area contributed by atoms with E-state index in [2.05, 4.69) is 49.3 Å². The summed E-state index contributed by atoms with van der Waals surface area (Å²) in [6.07, 6.45) is 0.799. The van der Waals surface area contributed by atoms with Crippen LogP contribution in [0.2, 0.25) is 0 Å². The fraction of sp³-hybridized carbons (Fsp3) is 0.200. The maximum atomic E-state index is 13.1. The van der Waals surface area contributed by atoms with Crippen LogP contribution in [0.1, 0.15) is 17.2 Å². The molecule has 0 bridgehead atoms. The predicted molar refractivity (Wildman–Crippen MR) is 83.7 cm³/mol. The molecule has 4 heteroatoms. The van der Waals surface area contributed by atoms with Gasteiger partial charge in [0.05, 0.1) is 0 Å². The quantitative estimate of drug-likeness (QED) is 0.791. The van der Waals surface area contributed by atoms with Crippen molar-refractivity contribution in [2.24, 2.45) is 0 Å². The smallest absolute Gasteiger partial charge is 0.124 e. The first-order chi connectivity index (χ1) is 9.10. The van der Waals surface area contributed by atoms with Gasteiger partial charge in [-0.15, -0.1) is 0 Å². The number of nitrogens with one attached hydrogen (secondary N) is 1. The van der Waals surface area contributed by atoms with Crippen molar-refractivity contribution in [2.75, 3.05) is 7.05 Å². The van der Waals surface area contributed by atoms with Gasteiger partial charge in [0.1, 0.15) is 5.82 Å². The summed E-state index contributed by atoms with van der Waals surface area (Å²) in [5.41, 5.74) is 2.29. The van der Waals surface area contributed by atoms with E-state index in [1.807, 2.05) is 25.2 Å². The number of halogens is 3. The number of likely N-dealkylation sites (N-methyl/N-ethyl adjacent to an activating group) is 1. The highest BCUT2D eigenvalue weighted by Crippen LogP contribution is 2.26. The maximum absolute atomic E-state index is 13.1. The highest BCUT2D eigenvalue weighted by atomic mass is 79.9. The van der Waals surface area contributed by atoms with Crippen molar-refractivity contribution in [3.05, 3.63) is 68.4 Å². The average molecular weight is 387 g/mol. The van der Waals surface area contributed by atoms with Crippen LogP contribution in [0.25, 0.3) is 0 Å². The standard InChI is InChI=1S/C15H14Br2FN/c1-19-15(11-3-2-4-12(16)7-11)8-10-5-6-13(18)9-14(10)17/h2-7,9,15,19H,8H2,1H3. The molecule has 2 aromatic carbocycles. The van der Waals surface area contributed by atoms with Gasteiger partial charge in [-0.1, -0.05) is 50.1 Å². The van der Waals surface area contributed by atoms with E-state index in [9.17, 15) is 4.39 Å². The molecule has 0 fully saturated rings. The van der Waals surface area contributed by atoms with Crippen LogP contribution in [-0.2, 0) is 6.42 Å². The zero-order valence-electron chi connectivity index (χ0n) is 10.5. The van der Waals surface area contributed by atoms with Crippen molar-refractivity contribution >= 4 is 31.9 Å². The van der Waals surface area contributed by atoms with Crippen LogP contribution in [0, 0.1) is 5.82 Å². The largest absolute Gasteiger partial charge is 0.313 e. The van der Waals surface area contributed by atoms with Gasteiger partial charge < -0.3 is 5.32 Å². The lowest BCUT2D eigenvalue weighted by atomic mass is 9.99. The summed E-state index contributed by atoms with van der Waals surface area (Å²) in [6, 6.07) is 13.2. The van der Waals surface area contributed by atoms with E-state index < -0.39 is 0 Å². The fourth-order valence-electron chi connectivity index (χ4n) is 2.02.